The maximum absolute atomic E-state index is 5.90. The molecule has 21 heavy (non-hydrogen) atoms. The summed E-state index contributed by atoms with van der Waals surface area (Å²) in [5, 5.41) is 3.30. The lowest BCUT2D eigenvalue weighted by atomic mass is 10.2. The number of aryl methyl sites for hydroxylation is 1. The first kappa shape index (κ1) is 15.3. The molecule has 0 atom stereocenters. The van der Waals surface area contributed by atoms with Crippen molar-refractivity contribution in [2.45, 2.75) is 27.0 Å². The fourth-order valence-electron chi connectivity index (χ4n) is 2.03. The van der Waals surface area contributed by atoms with Crippen LogP contribution in [0.15, 0.2) is 36.5 Å². The molecular formula is C17H22N2O2. The molecule has 0 aliphatic heterocycles. The van der Waals surface area contributed by atoms with E-state index in [0.29, 0.717) is 6.61 Å². The van der Waals surface area contributed by atoms with Crippen LogP contribution in [0.3, 0.4) is 0 Å². The average molecular weight is 286 g/mol. The quantitative estimate of drug-likeness (QED) is 0.849. The molecule has 1 heterocycles. The molecule has 0 aliphatic rings. The number of nitrogens with one attached hydrogen (secondary N) is 1. The average Bonchev–Trinajstić information content (AvgIpc) is 2.52. The monoisotopic (exact) mass is 286 g/mol. The number of ether oxygens (including phenoxy) is 2. The van der Waals surface area contributed by atoms with Crippen LogP contribution in [0.1, 0.15) is 23.7 Å². The molecule has 4 heteroatoms. The highest BCUT2D eigenvalue weighted by molar-refractivity contribution is 5.43. The Morgan fingerprint density at radius 3 is 2.76 bits per heavy atom. The predicted molar refractivity (Wildman–Crippen MR) is 83.7 cm³/mol. The highest BCUT2D eigenvalue weighted by atomic mass is 16.5. The Morgan fingerprint density at radius 1 is 1.19 bits per heavy atom. The minimum absolute atomic E-state index is 0.438. The molecule has 1 aromatic heterocycles. The Kier molecular flexibility index (Phi) is 5.58. The third-order valence-electron chi connectivity index (χ3n) is 3.29. The first-order valence-electron chi connectivity index (χ1n) is 7.15. The standard InChI is InChI=1S/C17H22N2O2/c1-4-18-11-14-7-8-16(20-3)17(10-14)21-12-15-13(2)6-5-9-19-15/h5-10,18H,4,11-12H2,1-3H3. The van der Waals surface area contributed by atoms with Crippen molar-refractivity contribution < 1.29 is 9.47 Å². The van der Waals surface area contributed by atoms with E-state index in [1.54, 1.807) is 13.3 Å². The number of nitrogens with zero attached hydrogens (tertiary/aromatic N) is 1. The predicted octanol–water partition coefficient (Wildman–Crippen LogP) is 3.09. The number of rotatable bonds is 7. The number of pyridine rings is 1. The van der Waals surface area contributed by atoms with Crippen molar-refractivity contribution in [2.75, 3.05) is 13.7 Å². The molecule has 4 nitrogen and oxygen atoms in total. The van der Waals surface area contributed by atoms with Gasteiger partial charge in [0.25, 0.3) is 0 Å². The summed E-state index contributed by atoms with van der Waals surface area (Å²) in [7, 11) is 1.65. The van der Waals surface area contributed by atoms with Crippen LogP contribution in [-0.4, -0.2) is 18.6 Å². The van der Waals surface area contributed by atoms with E-state index in [2.05, 4.69) is 17.2 Å². The van der Waals surface area contributed by atoms with E-state index < -0.39 is 0 Å². The molecule has 0 saturated carbocycles. The van der Waals surface area contributed by atoms with E-state index >= 15 is 0 Å². The zero-order chi connectivity index (χ0) is 15.1. The van der Waals surface area contributed by atoms with Crippen LogP contribution in [-0.2, 0) is 13.2 Å². The van der Waals surface area contributed by atoms with Gasteiger partial charge in [0.05, 0.1) is 12.8 Å². The highest BCUT2D eigenvalue weighted by Crippen LogP contribution is 2.28. The first-order chi connectivity index (χ1) is 10.2. The van der Waals surface area contributed by atoms with E-state index in [-0.39, 0.29) is 0 Å². The van der Waals surface area contributed by atoms with Gasteiger partial charge in [0.15, 0.2) is 11.5 Å². The summed E-state index contributed by atoms with van der Waals surface area (Å²) in [5.74, 6) is 1.49. The smallest absolute Gasteiger partial charge is 0.162 e. The number of methoxy groups -OCH3 is 1. The van der Waals surface area contributed by atoms with Crippen molar-refractivity contribution >= 4 is 0 Å². The molecule has 2 rings (SSSR count). The summed E-state index contributed by atoms with van der Waals surface area (Å²) in [5.41, 5.74) is 3.24. The van der Waals surface area contributed by atoms with Gasteiger partial charge in [0.1, 0.15) is 6.61 Å². The largest absolute Gasteiger partial charge is 0.493 e. The minimum atomic E-state index is 0.438. The van der Waals surface area contributed by atoms with Crippen LogP contribution in [0.2, 0.25) is 0 Å². The second kappa shape index (κ2) is 7.64. The Hall–Kier alpha value is -2.07. The first-order valence-corrected chi connectivity index (χ1v) is 7.15. The Morgan fingerprint density at radius 2 is 2.05 bits per heavy atom. The van der Waals surface area contributed by atoms with Gasteiger partial charge in [-0.25, -0.2) is 0 Å². The van der Waals surface area contributed by atoms with Gasteiger partial charge in [-0.2, -0.15) is 0 Å². The third-order valence-corrected chi connectivity index (χ3v) is 3.29. The van der Waals surface area contributed by atoms with Gasteiger partial charge in [-0.05, 0) is 42.8 Å². The molecule has 0 spiro atoms. The van der Waals surface area contributed by atoms with E-state index in [9.17, 15) is 0 Å². The molecule has 1 N–H and O–H groups in total. The van der Waals surface area contributed by atoms with Gasteiger partial charge < -0.3 is 14.8 Å². The van der Waals surface area contributed by atoms with Crippen LogP contribution >= 0.6 is 0 Å². The third kappa shape index (κ3) is 4.20. The normalized spacial score (nSPS) is 10.4. The number of benzene rings is 1. The van der Waals surface area contributed by atoms with E-state index in [1.165, 1.54) is 5.56 Å². The lowest BCUT2D eigenvalue weighted by Crippen LogP contribution is -2.11. The van der Waals surface area contributed by atoms with Crippen molar-refractivity contribution in [1.82, 2.24) is 10.3 Å². The number of hydrogen-bond acceptors (Lipinski definition) is 4. The molecule has 2 aromatic rings. The molecule has 1 aromatic carbocycles. The van der Waals surface area contributed by atoms with Crippen LogP contribution in [0.5, 0.6) is 11.5 Å². The van der Waals surface area contributed by atoms with Gasteiger partial charge in [0, 0.05) is 12.7 Å². The number of aromatic nitrogens is 1. The molecule has 112 valence electrons. The molecule has 0 radical (unpaired) electrons. The van der Waals surface area contributed by atoms with Gasteiger partial charge in [0.2, 0.25) is 0 Å². The lowest BCUT2D eigenvalue weighted by Gasteiger charge is -2.13. The second-order valence-electron chi connectivity index (χ2n) is 4.82. The maximum Gasteiger partial charge on any atom is 0.162 e. The van der Waals surface area contributed by atoms with Crippen molar-refractivity contribution in [2.24, 2.45) is 0 Å². The Labute approximate surface area is 126 Å². The van der Waals surface area contributed by atoms with Crippen molar-refractivity contribution in [3.05, 3.63) is 53.3 Å². The molecule has 0 bridgehead atoms. The van der Waals surface area contributed by atoms with E-state index in [1.807, 2.05) is 37.3 Å². The molecule has 0 fully saturated rings. The highest BCUT2D eigenvalue weighted by Gasteiger charge is 2.07. The molecule has 0 amide bonds. The van der Waals surface area contributed by atoms with Crippen molar-refractivity contribution in [1.29, 1.82) is 0 Å². The van der Waals surface area contributed by atoms with Gasteiger partial charge in [-0.1, -0.05) is 19.1 Å². The van der Waals surface area contributed by atoms with Gasteiger partial charge >= 0.3 is 0 Å². The summed E-state index contributed by atoms with van der Waals surface area (Å²) >= 11 is 0. The summed E-state index contributed by atoms with van der Waals surface area (Å²) in [6.45, 7) is 6.32. The lowest BCUT2D eigenvalue weighted by molar-refractivity contribution is 0.279. The van der Waals surface area contributed by atoms with Gasteiger partial charge in [-0.3, -0.25) is 4.98 Å². The summed E-state index contributed by atoms with van der Waals surface area (Å²) < 4.78 is 11.3. The summed E-state index contributed by atoms with van der Waals surface area (Å²) in [6.07, 6.45) is 1.78. The van der Waals surface area contributed by atoms with E-state index in [0.717, 1.165) is 35.8 Å². The number of hydrogen-bond donors (Lipinski definition) is 1. The van der Waals surface area contributed by atoms with E-state index in [4.69, 9.17) is 9.47 Å². The molecule has 0 saturated heterocycles. The zero-order valence-electron chi connectivity index (χ0n) is 12.8. The topological polar surface area (TPSA) is 43.4 Å². The van der Waals surface area contributed by atoms with Crippen LogP contribution < -0.4 is 14.8 Å². The summed E-state index contributed by atoms with van der Waals surface area (Å²) in [6, 6.07) is 9.95. The van der Waals surface area contributed by atoms with Crippen LogP contribution in [0, 0.1) is 6.92 Å². The van der Waals surface area contributed by atoms with Crippen LogP contribution in [0.25, 0.3) is 0 Å². The fraction of sp³-hybridized carbons (Fsp3) is 0.353. The maximum atomic E-state index is 5.90. The SMILES string of the molecule is CCNCc1ccc(OC)c(OCc2ncccc2C)c1. The Balaban J connectivity index is 2.12. The zero-order valence-corrected chi connectivity index (χ0v) is 12.8. The fourth-order valence-corrected chi connectivity index (χ4v) is 2.03. The molecule has 0 unspecified atom stereocenters. The second-order valence-corrected chi connectivity index (χ2v) is 4.82. The van der Waals surface area contributed by atoms with Gasteiger partial charge in [-0.15, -0.1) is 0 Å². The Bertz CT molecular complexity index is 585. The van der Waals surface area contributed by atoms with Crippen molar-refractivity contribution in [3.8, 4) is 11.5 Å². The van der Waals surface area contributed by atoms with Crippen LogP contribution in [0.4, 0.5) is 0 Å². The molecular weight excluding hydrogens is 264 g/mol. The summed E-state index contributed by atoms with van der Waals surface area (Å²) in [4.78, 5) is 4.34. The van der Waals surface area contributed by atoms with Crippen molar-refractivity contribution in [3.63, 3.8) is 0 Å². The minimum Gasteiger partial charge on any atom is -0.493 e. The molecule has 0 aliphatic carbocycles.